The van der Waals surface area contributed by atoms with Gasteiger partial charge in [-0.05, 0) is 24.6 Å². The molecule has 1 aromatic heterocycles. The number of rotatable bonds is 1. The average molecular weight is 198 g/mol. The lowest BCUT2D eigenvalue weighted by molar-refractivity contribution is 1.09. The largest absolute Gasteiger partial charge is 0.245 e. The summed E-state index contributed by atoms with van der Waals surface area (Å²) in [5, 5.41) is 0.0658. The summed E-state index contributed by atoms with van der Waals surface area (Å²) in [6.45, 7) is 1.97. The molecule has 0 bridgehead atoms. The maximum Gasteiger partial charge on any atom is 0.0815 e. The fraction of sp³-hybridized carbons (Fsp3) is 0.222. The van der Waals surface area contributed by atoms with Crippen LogP contribution in [0.3, 0.4) is 0 Å². The Balaban J connectivity index is 2.60. The first-order valence-corrected chi connectivity index (χ1v) is 5.06. The average Bonchev–Trinajstić information content (AvgIpc) is 2.49. The normalized spacial score (nSPS) is 13.5. The van der Waals surface area contributed by atoms with Gasteiger partial charge in [-0.2, -0.15) is 0 Å². The first-order chi connectivity index (χ1) is 5.77. The molecule has 3 heteroatoms. The van der Waals surface area contributed by atoms with E-state index in [2.05, 4.69) is 17.1 Å². The number of hydrogen-bond acceptors (Lipinski definition) is 2. The summed E-state index contributed by atoms with van der Waals surface area (Å²) in [6.07, 6.45) is 0. The van der Waals surface area contributed by atoms with Gasteiger partial charge in [0.05, 0.1) is 21.1 Å². The van der Waals surface area contributed by atoms with Gasteiger partial charge in [-0.15, -0.1) is 22.9 Å². The van der Waals surface area contributed by atoms with Gasteiger partial charge >= 0.3 is 0 Å². The second kappa shape index (κ2) is 3.04. The minimum Gasteiger partial charge on any atom is -0.245 e. The molecule has 0 amide bonds. The van der Waals surface area contributed by atoms with E-state index in [-0.39, 0.29) is 5.38 Å². The molecular formula is C9H8ClNS. The van der Waals surface area contributed by atoms with Crippen molar-refractivity contribution in [2.24, 2.45) is 0 Å². The van der Waals surface area contributed by atoms with Gasteiger partial charge in [0, 0.05) is 0 Å². The van der Waals surface area contributed by atoms with Gasteiger partial charge in [0.25, 0.3) is 0 Å². The Labute approximate surface area is 80.0 Å². The predicted molar refractivity (Wildman–Crippen MR) is 53.9 cm³/mol. The monoisotopic (exact) mass is 197 g/mol. The van der Waals surface area contributed by atoms with Crippen LogP contribution >= 0.6 is 22.9 Å². The topological polar surface area (TPSA) is 12.9 Å². The predicted octanol–water partition coefficient (Wildman–Crippen LogP) is 3.60. The number of benzene rings is 1. The number of thiazole rings is 1. The number of nitrogens with zero attached hydrogens (tertiary/aromatic N) is 1. The molecular weight excluding hydrogens is 190 g/mol. The van der Waals surface area contributed by atoms with Crippen molar-refractivity contribution in [1.82, 2.24) is 4.98 Å². The molecule has 1 nitrogen and oxygen atoms in total. The van der Waals surface area contributed by atoms with Crippen molar-refractivity contribution in [3.63, 3.8) is 0 Å². The van der Waals surface area contributed by atoms with Crippen LogP contribution in [0.5, 0.6) is 0 Å². The van der Waals surface area contributed by atoms with Crippen LogP contribution in [-0.4, -0.2) is 4.98 Å². The Morgan fingerprint density at radius 2 is 2.33 bits per heavy atom. The van der Waals surface area contributed by atoms with E-state index in [1.165, 1.54) is 4.70 Å². The molecule has 12 heavy (non-hydrogen) atoms. The molecule has 0 aliphatic rings. The zero-order valence-electron chi connectivity index (χ0n) is 6.62. The fourth-order valence-electron chi connectivity index (χ4n) is 1.12. The Kier molecular flexibility index (Phi) is 2.03. The molecule has 0 aliphatic heterocycles. The Morgan fingerprint density at radius 1 is 1.50 bits per heavy atom. The van der Waals surface area contributed by atoms with Gasteiger partial charge < -0.3 is 0 Å². The van der Waals surface area contributed by atoms with E-state index in [0.717, 1.165) is 11.1 Å². The number of fused-ring (bicyclic) bond motifs is 1. The van der Waals surface area contributed by atoms with Crippen LogP contribution in [0.4, 0.5) is 0 Å². The highest BCUT2D eigenvalue weighted by Gasteiger charge is 2.02. The molecule has 1 heterocycles. The maximum absolute atomic E-state index is 5.95. The lowest BCUT2D eigenvalue weighted by Gasteiger charge is -2.01. The Morgan fingerprint density at radius 3 is 3.08 bits per heavy atom. The molecule has 2 aromatic rings. The van der Waals surface area contributed by atoms with Crippen molar-refractivity contribution in [3.05, 3.63) is 29.3 Å². The van der Waals surface area contributed by atoms with Crippen LogP contribution in [0.1, 0.15) is 17.9 Å². The summed E-state index contributed by atoms with van der Waals surface area (Å²) in [7, 11) is 0. The molecule has 0 N–H and O–H groups in total. The van der Waals surface area contributed by atoms with Crippen LogP contribution in [0.25, 0.3) is 10.2 Å². The second-order valence-electron chi connectivity index (χ2n) is 2.70. The Hall–Kier alpha value is -0.600. The van der Waals surface area contributed by atoms with E-state index in [1.807, 2.05) is 18.5 Å². The van der Waals surface area contributed by atoms with Crippen LogP contribution in [0.15, 0.2) is 23.7 Å². The number of halogens is 1. The summed E-state index contributed by atoms with van der Waals surface area (Å²) in [4.78, 5) is 4.22. The number of hydrogen-bond donors (Lipinski definition) is 0. The van der Waals surface area contributed by atoms with Crippen molar-refractivity contribution in [2.45, 2.75) is 12.3 Å². The van der Waals surface area contributed by atoms with E-state index in [9.17, 15) is 0 Å². The van der Waals surface area contributed by atoms with Crippen molar-refractivity contribution in [2.75, 3.05) is 0 Å². The van der Waals surface area contributed by atoms with Crippen molar-refractivity contribution >= 4 is 33.2 Å². The molecule has 0 aliphatic carbocycles. The number of aromatic nitrogens is 1. The maximum atomic E-state index is 5.95. The van der Waals surface area contributed by atoms with E-state index in [1.54, 1.807) is 11.3 Å². The van der Waals surface area contributed by atoms with Gasteiger partial charge in [-0.1, -0.05) is 6.07 Å². The van der Waals surface area contributed by atoms with Gasteiger partial charge in [0.1, 0.15) is 0 Å². The van der Waals surface area contributed by atoms with E-state index in [0.29, 0.717) is 0 Å². The van der Waals surface area contributed by atoms with Gasteiger partial charge in [-0.25, -0.2) is 4.98 Å². The first kappa shape index (κ1) is 8.02. The molecule has 1 aromatic carbocycles. The summed E-state index contributed by atoms with van der Waals surface area (Å²) in [5.74, 6) is 0. The van der Waals surface area contributed by atoms with Crippen molar-refractivity contribution in [1.29, 1.82) is 0 Å². The SMILES string of the molecule is CC(Cl)c1ccc2scnc2c1. The van der Waals surface area contributed by atoms with E-state index >= 15 is 0 Å². The minimum atomic E-state index is 0.0658. The summed E-state index contributed by atoms with van der Waals surface area (Å²) in [6, 6.07) is 6.17. The third-order valence-electron chi connectivity index (χ3n) is 1.81. The zero-order chi connectivity index (χ0) is 8.55. The second-order valence-corrected chi connectivity index (χ2v) is 4.24. The standard InChI is InChI=1S/C9H8ClNS/c1-6(10)7-2-3-9-8(4-7)11-5-12-9/h2-6H,1H3. The minimum absolute atomic E-state index is 0.0658. The van der Waals surface area contributed by atoms with Crippen LogP contribution in [0, 0.1) is 0 Å². The van der Waals surface area contributed by atoms with Gasteiger partial charge in [0.2, 0.25) is 0 Å². The van der Waals surface area contributed by atoms with Gasteiger partial charge in [-0.3, -0.25) is 0 Å². The molecule has 0 spiro atoms. The lowest BCUT2D eigenvalue weighted by atomic mass is 10.1. The molecule has 1 atom stereocenters. The highest BCUT2D eigenvalue weighted by molar-refractivity contribution is 7.16. The first-order valence-electron chi connectivity index (χ1n) is 3.74. The third kappa shape index (κ3) is 1.32. The van der Waals surface area contributed by atoms with E-state index in [4.69, 9.17) is 11.6 Å². The fourth-order valence-corrected chi connectivity index (χ4v) is 1.92. The molecule has 0 saturated heterocycles. The Bertz CT molecular complexity index is 394. The molecule has 1 unspecified atom stereocenters. The summed E-state index contributed by atoms with van der Waals surface area (Å²) in [5.41, 5.74) is 4.04. The smallest absolute Gasteiger partial charge is 0.0815 e. The number of alkyl halides is 1. The van der Waals surface area contributed by atoms with Crippen molar-refractivity contribution < 1.29 is 0 Å². The van der Waals surface area contributed by atoms with Crippen LogP contribution in [-0.2, 0) is 0 Å². The third-order valence-corrected chi connectivity index (χ3v) is 2.88. The molecule has 2 rings (SSSR count). The van der Waals surface area contributed by atoms with Crippen LogP contribution in [0.2, 0.25) is 0 Å². The molecule has 0 fully saturated rings. The quantitative estimate of drug-likeness (QED) is 0.637. The van der Waals surface area contributed by atoms with E-state index < -0.39 is 0 Å². The summed E-state index contributed by atoms with van der Waals surface area (Å²) < 4.78 is 1.22. The highest BCUT2D eigenvalue weighted by Crippen LogP contribution is 2.25. The molecule has 0 radical (unpaired) electrons. The van der Waals surface area contributed by atoms with Gasteiger partial charge in [0.15, 0.2) is 0 Å². The molecule has 62 valence electrons. The zero-order valence-corrected chi connectivity index (χ0v) is 8.19. The summed E-state index contributed by atoms with van der Waals surface area (Å²) >= 11 is 7.60. The highest BCUT2D eigenvalue weighted by atomic mass is 35.5. The van der Waals surface area contributed by atoms with Crippen LogP contribution < -0.4 is 0 Å². The lowest BCUT2D eigenvalue weighted by Crippen LogP contribution is -1.82. The van der Waals surface area contributed by atoms with Crippen molar-refractivity contribution in [3.8, 4) is 0 Å². The molecule has 0 saturated carbocycles.